The van der Waals surface area contributed by atoms with Gasteiger partial charge in [-0.25, -0.2) is 0 Å². The molecule has 2 rings (SSSR count). The fourth-order valence-electron chi connectivity index (χ4n) is 2.72. The number of hydrogen-bond donors (Lipinski definition) is 2. The number of benzene rings is 1. The van der Waals surface area contributed by atoms with E-state index in [1.807, 2.05) is 0 Å². The molecular formula is C17H29N3O2. The molecule has 1 aliphatic heterocycles. The first-order chi connectivity index (χ1) is 10.7. The minimum atomic E-state index is 0.230. The van der Waals surface area contributed by atoms with Crippen LogP contribution in [-0.2, 0) is 13.1 Å². The number of piperazine rings is 1. The van der Waals surface area contributed by atoms with Crippen molar-refractivity contribution in [3.63, 3.8) is 0 Å². The smallest absolute Gasteiger partial charge is 0.123 e. The lowest BCUT2D eigenvalue weighted by atomic mass is 10.1. The summed E-state index contributed by atoms with van der Waals surface area (Å²) in [6, 6.07) is 6.50. The Morgan fingerprint density at radius 2 is 2.00 bits per heavy atom. The molecule has 5 nitrogen and oxygen atoms in total. The van der Waals surface area contributed by atoms with Crippen LogP contribution in [0.4, 0.5) is 0 Å². The molecule has 0 atom stereocenters. The molecule has 0 saturated carbocycles. The monoisotopic (exact) mass is 307 g/mol. The summed E-state index contributed by atoms with van der Waals surface area (Å²) in [5, 5.41) is 12.1. The average Bonchev–Trinajstić information content (AvgIpc) is 2.54. The number of methoxy groups -OCH3 is 1. The third kappa shape index (κ3) is 5.25. The Hall–Kier alpha value is -1.14. The molecule has 1 aromatic carbocycles. The first-order valence-corrected chi connectivity index (χ1v) is 8.11. The van der Waals surface area contributed by atoms with Gasteiger partial charge in [0.05, 0.1) is 7.11 Å². The van der Waals surface area contributed by atoms with Crippen LogP contribution in [0.3, 0.4) is 0 Å². The summed E-state index contributed by atoms with van der Waals surface area (Å²) in [5.74, 6) is 0.947. The highest BCUT2D eigenvalue weighted by Gasteiger charge is 2.14. The molecule has 22 heavy (non-hydrogen) atoms. The third-order valence-electron chi connectivity index (χ3n) is 4.18. The van der Waals surface area contributed by atoms with Gasteiger partial charge in [0.1, 0.15) is 5.75 Å². The van der Waals surface area contributed by atoms with Gasteiger partial charge >= 0.3 is 0 Å². The Morgan fingerprint density at radius 1 is 1.23 bits per heavy atom. The van der Waals surface area contributed by atoms with E-state index in [1.165, 1.54) is 11.1 Å². The maximum absolute atomic E-state index is 8.80. The molecule has 2 N–H and O–H groups in total. The molecule has 0 radical (unpaired) electrons. The van der Waals surface area contributed by atoms with Gasteiger partial charge in [0.15, 0.2) is 0 Å². The predicted octanol–water partition coefficient (Wildman–Crippen LogP) is 0.915. The molecule has 0 aromatic heterocycles. The van der Waals surface area contributed by atoms with Crippen molar-refractivity contribution in [2.24, 2.45) is 0 Å². The van der Waals surface area contributed by atoms with E-state index >= 15 is 0 Å². The molecule has 0 amide bonds. The van der Waals surface area contributed by atoms with Gasteiger partial charge in [0.2, 0.25) is 0 Å². The summed E-state index contributed by atoms with van der Waals surface area (Å²) in [4.78, 5) is 4.87. The number of nitrogens with one attached hydrogen (secondary N) is 1. The fourth-order valence-corrected chi connectivity index (χ4v) is 2.72. The minimum Gasteiger partial charge on any atom is -0.496 e. The standard InChI is InChI=1S/C17H29N3O2/c1-19-7-9-20(10-8-19)14-15-4-5-16(17(12-15)22-2)13-18-6-3-11-21/h4-5,12,18,21H,3,6-11,13-14H2,1-2H3. The van der Waals surface area contributed by atoms with Crippen LogP contribution in [0.25, 0.3) is 0 Å². The number of hydrogen-bond acceptors (Lipinski definition) is 5. The molecular weight excluding hydrogens is 278 g/mol. The molecule has 124 valence electrons. The normalized spacial score (nSPS) is 16.9. The van der Waals surface area contributed by atoms with Gasteiger partial charge in [-0.3, -0.25) is 4.90 Å². The van der Waals surface area contributed by atoms with Crippen LogP contribution in [0, 0.1) is 0 Å². The Kier molecular flexibility index (Phi) is 7.12. The second-order valence-electron chi connectivity index (χ2n) is 5.98. The van der Waals surface area contributed by atoms with E-state index in [0.29, 0.717) is 0 Å². The topological polar surface area (TPSA) is 48.0 Å². The zero-order valence-electron chi connectivity index (χ0n) is 13.8. The Morgan fingerprint density at radius 3 is 2.68 bits per heavy atom. The SMILES string of the molecule is COc1cc(CN2CCN(C)CC2)ccc1CNCCCO. The van der Waals surface area contributed by atoms with Crippen LogP contribution < -0.4 is 10.1 Å². The van der Waals surface area contributed by atoms with Crippen molar-refractivity contribution in [1.29, 1.82) is 0 Å². The van der Waals surface area contributed by atoms with Crippen molar-refractivity contribution >= 4 is 0 Å². The molecule has 1 aliphatic rings. The van der Waals surface area contributed by atoms with Gasteiger partial charge in [-0.05, 0) is 31.6 Å². The first kappa shape index (κ1) is 17.2. The highest BCUT2D eigenvalue weighted by molar-refractivity contribution is 5.37. The summed E-state index contributed by atoms with van der Waals surface area (Å²) < 4.78 is 5.53. The summed E-state index contributed by atoms with van der Waals surface area (Å²) in [7, 11) is 3.91. The quantitative estimate of drug-likeness (QED) is 0.699. The molecule has 1 fully saturated rings. The van der Waals surface area contributed by atoms with E-state index in [9.17, 15) is 0 Å². The van der Waals surface area contributed by atoms with Crippen molar-refractivity contribution in [3.05, 3.63) is 29.3 Å². The zero-order chi connectivity index (χ0) is 15.8. The van der Waals surface area contributed by atoms with Crippen molar-refractivity contribution in [2.45, 2.75) is 19.5 Å². The van der Waals surface area contributed by atoms with Gasteiger partial charge < -0.3 is 20.1 Å². The molecule has 0 spiro atoms. The van der Waals surface area contributed by atoms with Crippen molar-refractivity contribution in [3.8, 4) is 5.75 Å². The van der Waals surface area contributed by atoms with Crippen LogP contribution in [0.1, 0.15) is 17.5 Å². The van der Waals surface area contributed by atoms with E-state index in [4.69, 9.17) is 9.84 Å². The lowest BCUT2D eigenvalue weighted by Gasteiger charge is -2.32. The minimum absolute atomic E-state index is 0.230. The summed E-state index contributed by atoms with van der Waals surface area (Å²) >= 11 is 0. The summed E-state index contributed by atoms with van der Waals surface area (Å²) in [6.07, 6.45) is 0.782. The molecule has 1 heterocycles. The van der Waals surface area contributed by atoms with Gasteiger partial charge in [-0.1, -0.05) is 12.1 Å². The molecule has 1 aromatic rings. The number of aliphatic hydroxyl groups is 1. The van der Waals surface area contributed by atoms with Crippen LogP contribution >= 0.6 is 0 Å². The van der Waals surface area contributed by atoms with E-state index in [2.05, 4.69) is 40.4 Å². The second kappa shape index (κ2) is 9.10. The lowest BCUT2D eigenvalue weighted by Crippen LogP contribution is -2.43. The van der Waals surface area contributed by atoms with Crippen molar-refractivity contribution < 1.29 is 9.84 Å². The number of likely N-dealkylation sites (N-methyl/N-ethyl adjacent to an activating group) is 1. The van der Waals surface area contributed by atoms with Crippen LogP contribution in [0.2, 0.25) is 0 Å². The number of aliphatic hydroxyl groups excluding tert-OH is 1. The van der Waals surface area contributed by atoms with Gasteiger partial charge in [-0.15, -0.1) is 0 Å². The maximum atomic E-state index is 8.80. The molecule has 0 aliphatic carbocycles. The first-order valence-electron chi connectivity index (χ1n) is 8.11. The largest absolute Gasteiger partial charge is 0.496 e. The summed E-state index contributed by atoms with van der Waals surface area (Å²) in [6.45, 7) is 7.36. The molecule has 0 unspecified atom stereocenters. The maximum Gasteiger partial charge on any atom is 0.123 e. The van der Waals surface area contributed by atoms with Crippen LogP contribution in [0.5, 0.6) is 5.75 Å². The fraction of sp³-hybridized carbons (Fsp3) is 0.647. The number of rotatable bonds is 8. The lowest BCUT2D eigenvalue weighted by molar-refractivity contribution is 0.148. The predicted molar refractivity (Wildman–Crippen MR) is 89.2 cm³/mol. The number of nitrogens with zero attached hydrogens (tertiary/aromatic N) is 2. The Labute approximate surface area is 133 Å². The van der Waals surface area contributed by atoms with E-state index in [-0.39, 0.29) is 6.61 Å². The zero-order valence-corrected chi connectivity index (χ0v) is 13.8. The molecule has 1 saturated heterocycles. The van der Waals surface area contributed by atoms with E-state index in [0.717, 1.165) is 58.0 Å². The number of ether oxygens (including phenoxy) is 1. The Bertz CT molecular complexity index is 446. The van der Waals surface area contributed by atoms with Gasteiger partial charge in [0, 0.05) is 51.4 Å². The van der Waals surface area contributed by atoms with E-state index in [1.54, 1.807) is 7.11 Å². The van der Waals surface area contributed by atoms with E-state index < -0.39 is 0 Å². The van der Waals surface area contributed by atoms with Crippen LogP contribution in [-0.4, -0.2) is 68.4 Å². The highest BCUT2D eigenvalue weighted by atomic mass is 16.5. The molecule has 0 bridgehead atoms. The summed E-state index contributed by atoms with van der Waals surface area (Å²) in [5.41, 5.74) is 2.48. The van der Waals surface area contributed by atoms with Crippen molar-refractivity contribution in [1.82, 2.24) is 15.1 Å². The third-order valence-corrected chi connectivity index (χ3v) is 4.18. The van der Waals surface area contributed by atoms with Crippen LogP contribution in [0.15, 0.2) is 18.2 Å². The van der Waals surface area contributed by atoms with Crippen molar-refractivity contribution in [2.75, 3.05) is 53.5 Å². The van der Waals surface area contributed by atoms with Gasteiger partial charge in [-0.2, -0.15) is 0 Å². The van der Waals surface area contributed by atoms with Gasteiger partial charge in [0.25, 0.3) is 0 Å². The second-order valence-corrected chi connectivity index (χ2v) is 5.98. The average molecular weight is 307 g/mol. The Balaban J connectivity index is 1.90. The molecule has 5 heteroatoms. The highest BCUT2D eigenvalue weighted by Crippen LogP contribution is 2.21.